The van der Waals surface area contributed by atoms with Crippen LogP contribution in [0.5, 0.6) is 5.75 Å². The Kier molecular flexibility index (Phi) is 7.12. The number of hydrogen-bond acceptors (Lipinski definition) is 3. The zero-order valence-corrected chi connectivity index (χ0v) is 16.0. The number of amides is 1. The van der Waals surface area contributed by atoms with E-state index in [1.54, 1.807) is 49.4 Å². The van der Waals surface area contributed by atoms with Crippen LogP contribution >= 0.6 is 23.2 Å². The average Bonchev–Trinajstić information content (AvgIpc) is 2.60. The van der Waals surface area contributed by atoms with Gasteiger partial charge in [0.25, 0.3) is 5.91 Å². The molecule has 0 aromatic heterocycles. The van der Waals surface area contributed by atoms with Crippen LogP contribution in [-0.4, -0.2) is 38.2 Å². The van der Waals surface area contributed by atoms with Crippen molar-refractivity contribution in [3.05, 3.63) is 63.6 Å². The van der Waals surface area contributed by atoms with Gasteiger partial charge in [-0.2, -0.15) is 0 Å². The molecule has 1 amide bonds. The van der Waals surface area contributed by atoms with Gasteiger partial charge in [-0.25, -0.2) is 0 Å². The summed E-state index contributed by atoms with van der Waals surface area (Å²) in [7, 11) is 3.36. The highest BCUT2D eigenvalue weighted by Crippen LogP contribution is 2.30. The summed E-state index contributed by atoms with van der Waals surface area (Å²) in [5.41, 5.74) is 1.39. The Bertz CT molecular complexity index is 736. The van der Waals surface area contributed by atoms with E-state index in [-0.39, 0.29) is 11.9 Å². The lowest BCUT2D eigenvalue weighted by Crippen LogP contribution is -2.29. The summed E-state index contributed by atoms with van der Waals surface area (Å²) in [6.07, 6.45) is 0. The standard InChI is InChI=1S/C19H21Cl2NO3/c1-13(17-8-7-15(20)12-18(17)21)22(2)19(23)14-5-4-6-16(11-14)25-10-9-24-3/h4-8,11-13H,9-10H2,1-3H3. The van der Waals surface area contributed by atoms with Crippen LogP contribution in [0.15, 0.2) is 42.5 Å². The Labute approximate surface area is 158 Å². The first kappa shape index (κ1) is 19.6. The van der Waals surface area contributed by atoms with Gasteiger partial charge < -0.3 is 14.4 Å². The first-order valence-electron chi connectivity index (χ1n) is 7.88. The van der Waals surface area contributed by atoms with Crippen molar-refractivity contribution in [2.75, 3.05) is 27.4 Å². The maximum absolute atomic E-state index is 12.8. The van der Waals surface area contributed by atoms with E-state index < -0.39 is 0 Å². The van der Waals surface area contributed by atoms with Gasteiger partial charge in [-0.15, -0.1) is 0 Å². The van der Waals surface area contributed by atoms with Crippen LogP contribution in [0.2, 0.25) is 10.0 Å². The van der Waals surface area contributed by atoms with Gasteiger partial charge in [0.1, 0.15) is 12.4 Å². The van der Waals surface area contributed by atoms with Crippen LogP contribution < -0.4 is 4.74 Å². The van der Waals surface area contributed by atoms with Gasteiger partial charge in [0.2, 0.25) is 0 Å². The molecule has 1 atom stereocenters. The molecule has 0 radical (unpaired) electrons. The Hall–Kier alpha value is -1.75. The molecular weight excluding hydrogens is 361 g/mol. The van der Waals surface area contributed by atoms with Gasteiger partial charge in [-0.3, -0.25) is 4.79 Å². The molecule has 0 N–H and O–H groups in total. The first-order chi connectivity index (χ1) is 11.9. The molecule has 0 saturated heterocycles. The number of carbonyl (C=O) groups excluding carboxylic acids is 1. The molecule has 0 aliphatic rings. The highest BCUT2D eigenvalue weighted by molar-refractivity contribution is 6.35. The van der Waals surface area contributed by atoms with E-state index >= 15 is 0 Å². The summed E-state index contributed by atoms with van der Waals surface area (Å²) in [5, 5.41) is 1.10. The predicted molar refractivity (Wildman–Crippen MR) is 101 cm³/mol. The Morgan fingerprint density at radius 1 is 1.16 bits per heavy atom. The molecule has 0 fully saturated rings. The summed E-state index contributed by atoms with van der Waals surface area (Å²) in [5.74, 6) is 0.518. The maximum atomic E-state index is 12.8. The smallest absolute Gasteiger partial charge is 0.254 e. The molecule has 25 heavy (non-hydrogen) atoms. The zero-order valence-electron chi connectivity index (χ0n) is 14.5. The molecule has 0 heterocycles. The van der Waals surface area contributed by atoms with Crippen molar-refractivity contribution >= 4 is 29.1 Å². The number of halogens is 2. The fraction of sp³-hybridized carbons (Fsp3) is 0.316. The van der Waals surface area contributed by atoms with E-state index in [4.69, 9.17) is 32.7 Å². The molecule has 2 rings (SSSR count). The summed E-state index contributed by atoms with van der Waals surface area (Å²) < 4.78 is 10.5. The monoisotopic (exact) mass is 381 g/mol. The van der Waals surface area contributed by atoms with Crippen LogP contribution in [-0.2, 0) is 4.74 Å². The lowest BCUT2D eigenvalue weighted by molar-refractivity contribution is 0.0742. The van der Waals surface area contributed by atoms with E-state index in [1.165, 1.54) is 0 Å². The Morgan fingerprint density at radius 2 is 1.92 bits per heavy atom. The van der Waals surface area contributed by atoms with E-state index in [9.17, 15) is 4.79 Å². The van der Waals surface area contributed by atoms with Crippen molar-refractivity contribution < 1.29 is 14.3 Å². The van der Waals surface area contributed by atoms with Gasteiger partial charge >= 0.3 is 0 Å². The Balaban J connectivity index is 2.14. The SMILES string of the molecule is COCCOc1cccc(C(=O)N(C)C(C)c2ccc(Cl)cc2Cl)c1. The summed E-state index contributed by atoms with van der Waals surface area (Å²) in [6.45, 7) is 2.84. The van der Waals surface area contributed by atoms with Gasteiger partial charge in [0.15, 0.2) is 0 Å². The van der Waals surface area contributed by atoms with Crippen molar-refractivity contribution in [2.45, 2.75) is 13.0 Å². The predicted octanol–water partition coefficient (Wildman–Crippen LogP) is 4.85. The lowest BCUT2D eigenvalue weighted by atomic mass is 10.1. The minimum absolute atomic E-state index is 0.115. The third-order valence-electron chi connectivity index (χ3n) is 3.95. The van der Waals surface area contributed by atoms with Crippen LogP contribution in [0.25, 0.3) is 0 Å². The molecule has 2 aromatic rings. The van der Waals surface area contributed by atoms with E-state index in [0.29, 0.717) is 34.6 Å². The van der Waals surface area contributed by atoms with Gasteiger partial charge in [-0.1, -0.05) is 35.3 Å². The molecular formula is C19H21Cl2NO3. The second-order valence-corrected chi connectivity index (χ2v) is 6.47. The highest BCUT2D eigenvalue weighted by atomic mass is 35.5. The first-order valence-corrected chi connectivity index (χ1v) is 8.63. The summed E-state index contributed by atoms with van der Waals surface area (Å²) in [4.78, 5) is 14.4. The number of nitrogens with zero attached hydrogens (tertiary/aromatic N) is 1. The van der Waals surface area contributed by atoms with Gasteiger partial charge in [0, 0.05) is 29.8 Å². The third-order valence-corrected chi connectivity index (χ3v) is 4.51. The number of benzene rings is 2. The zero-order chi connectivity index (χ0) is 18.4. The van der Waals surface area contributed by atoms with Gasteiger partial charge in [-0.05, 0) is 42.8 Å². The van der Waals surface area contributed by atoms with Crippen molar-refractivity contribution in [3.63, 3.8) is 0 Å². The number of hydrogen-bond donors (Lipinski definition) is 0. The molecule has 0 aliphatic carbocycles. The number of carbonyl (C=O) groups is 1. The molecule has 134 valence electrons. The number of ether oxygens (including phenoxy) is 2. The second kappa shape index (κ2) is 9.09. The van der Waals surface area contributed by atoms with Crippen LogP contribution in [0, 0.1) is 0 Å². The summed E-state index contributed by atoms with van der Waals surface area (Å²) in [6, 6.07) is 12.2. The van der Waals surface area contributed by atoms with Crippen LogP contribution in [0.4, 0.5) is 0 Å². The van der Waals surface area contributed by atoms with Crippen molar-refractivity contribution in [2.24, 2.45) is 0 Å². The normalized spacial score (nSPS) is 11.9. The van der Waals surface area contributed by atoms with Crippen molar-refractivity contribution in [1.29, 1.82) is 0 Å². The molecule has 0 spiro atoms. The fourth-order valence-electron chi connectivity index (χ4n) is 2.39. The quantitative estimate of drug-likeness (QED) is 0.643. The van der Waals surface area contributed by atoms with E-state index in [2.05, 4.69) is 0 Å². The van der Waals surface area contributed by atoms with Crippen molar-refractivity contribution in [3.8, 4) is 5.75 Å². The van der Waals surface area contributed by atoms with Crippen LogP contribution in [0.3, 0.4) is 0 Å². The van der Waals surface area contributed by atoms with E-state index in [1.807, 2.05) is 19.1 Å². The van der Waals surface area contributed by atoms with Crippen molar-refractivity contribution in [1.82, 2.24) is 4.90 Å². The lowest BCUT2D eigenvalue weighted by Gasteiger charge is -2.26. The minimum Gasteiger partial charge on any atom is -0.491 e. The number of rotatable bonds is 7. The molecule has 0 bridgehead atoms. The molecule has 0 aliphatic heterocycles. The van der Waals surface area contributed by atoms with Gasteiger partial charge in [0.05, 0.1) is 12.6 Å². The molecule has 1 unspecified atom stereocenters. The molecule has 0 saturated carbocycles. The second-order valence-electron chi connectivity index (χ2n) is 5.63. The van der Waals surface area contributed by atoms with E-state index in [0.717, 1.165) is 5.56 Å². The number of methoxy groups -OCH3 is 1. The fourth-order valence-corrected chi connectivity index (χ4v) is 2.96. The molecule has 2 aromatic carbocycles. The third kappa shape index (κ3) is 5.11. The summed E-state index contributed by atoms with van der Waals surface area (Å²) >= 11 is 12.2. The maximum Gasteiger partial charge on any atom is 0.254 e. The molecule has 6 heteroatoms. The topological polar surface area (TPSA) is 38.8 Å². The average molecular weight is 382 g/mol. The highest BCUT2D eigenvalue weighted by Gasteiger charge is 2.21. The largest absolute Gasteiger partial charge is 0.491 e. The molecule has 4 nitrogen and oxygen atoms in total. The minimum atomic E-state index is -0.199. The van der Waals surface area contributed by atoms with Crippen LogP contribution in [0.1, 0.15) is 28.9 Å². The Morgan fingerprint density at radius 3 is 2.60 bits per heavy atom.